The van der Waals surface area contributed by atoms with Crippen LogP contribution in [0.5, 0.6) is 5.75 Å². The molecule has 1 aromatic carbocycles. The lowest BCUT2D eigenvalue weighted by Gasteiger charge is -2.27. The van der Waals surface area contributed by atoms with Crippen molar-refractivity contribution in [1.29, 1.82) is 0 Å². The van der Waals surface area contributed by atoms with Crippen LogP contribution >= 0.6 is 0 Å². The molecule has 0 bridgehead atoms. The average molecular weight is 297 g/mol. The third kappa shape index (κ3) is 6.02. The van der Waals surface area contributed by atoms with Crippen LogP contribution in [0.4, 0.5) is 4.39 Å². The van der Waals surface area contributed by atoms with Crippen LogP contribution in [0.25, 0.3) is 0 Å². The first-order valence-electron chi connectivity index (χ1n) is 7.56. The molecule has 0 spiro atoms. The van der Waals surface area contributed by atoms with Gasteiger partial charge < -0.3 is 15.2 Å². The summed E-state index contributed by atoms with van der Waals surface area (Å²) in [6.45, 7) is 11.4. The Morgan fingerprint density at radius 3 is 2.48 bits per heavy atom. The van der Waals surface area contributed by atoms with Crippen molar-refractivity contribution in [2.45, 2.75) is 46.8 Å². The van der Waals surface area contributed by atoms with Gasteiger partial charge in [0.15, 0.2) is 11.6 Å². The van der Waals surface area contributed by atoms with E-state index in [9.17, 15) is 9.50 Å². The fourth-order valence-corrected chi connectivity index (χ4v) is 1.67. The molecule has 1 unspecified atom stereocenters. The van der Waals surface area contributed by atoms with Crippen molar-refractivity contribution in [2.24, 2.45) is 11.8 Å². The minimum absolute atomic E-state index is 0.0417. The van der Waals surface area contributed by atoms with E-state index in [-0.39, 0.29) is 18.3 Å². The Bertz CT molecular complexity index is 444. The van der Waals surface area contributed by atoms with Crippen molar-refractivity contribution in [3.8, 4) is 5.75 Å². The van der Waals surface area contributed by atoms with Gasteiger partial charge in [-0.3, -0.25) is 0 Å². The van der Waals surface area contributed by atoms with E-state index in [2.05, 4.69) is 19.2 Å². The summed E-state index contributed by atoms with van der Waals surface area (Å²) < 4.78 is 19.4. The highest BCUT2D eigenvalue weighted by Crippen LogP contribution is 2.22. The Morgan fingerprint density at radius 2 is 1.95 bits per heavy atom. The molecule has 1 aromatic rings. The number of hydrogen-bond acceptors (Lipinski definition) is 3. The van der Waals surface area contributed by atoms with Crippen LogP contribution in [0.1, 0.15) is 40.2 Å². The Balaban J connectivity index is 2.58. The molecule has 0 saturated carbocycles. The van der Waals surface area contributed by atoms with Gasteiger partial charge in [-0.2, -0.15) is 0 Å². The fraction of sp³-hybridized carbons (Fsp3) is 0.647. The number of nitrogens with one attached hydrogen (secondary N) is 1. The van der Waals surface area contributed by atoms with E-state index < -0.39 is 11.4 Å². The molecule has 0 aromatic heterocycles. The highest BCUT2D eigenvalue weighted by molar-refractivity contribution is 5.29. The van der Waals surface area contributed by atoms with Gasteiger partial charge >= 0.3 is 0 Å². The molecule has 1 atom stereocenters. The smallest absolute Gasteiger partial charge is 0.165 e. The Hall–Kier alpha value is -1.13. The van der Waals surface area contributed by atoms with E-state index in [1.54, 1.807) is 13.0 Å². The predicted molar refractivity (Wildman–Crippen MR) is 83.9 cm³/mol. The highest BCUT2D eigenvalue weighted by atomic mass is 19.1. The van der Waals surface area contributed by atoms with E-state index in [0.29, 0.717) is 12.5 Å². The number of benzene rings is 1. The number of ether oxygens (including phenoxy) is 1. The topological polar surface area (TPSA) is 41.5 Å². The van der Waals surface area contributed by atoms with Crippen molar-refractivity contribution in [1.82, 2.24) is 5.32 Å². The third-order valence-corrected chi connectivity index (χ3v) is 3.64. The van der Waals surface area contributed by atoms with Crippen LogP contribution in [0.3, 0.4) is 0 Å². The van der Waals surface area contributed by atoms with Gasteiger partial charge in [-0.1, -0.05) is 33.8 Å². The summed E-state index contributed by atoms with van der Waals surface area (Å²) in [5, 5.41) is 13.4. The second kappa shape index (κ2) is 7.76. The summed E-state index contributed by atoms with van der Waals surface area (Å²) >= 11 is 0. The largest absolute Gasteiger partial charge is 0.488 e. The zero-order valence-corrected chi connectivity index (χ0v) is 13.7. The van der Waals surface area contributed by atoms with Crippen LogP contribution in [0, 0.1) is 17.7 Å². The molecule has 3 nitrogen and oxygen atoms in total. The Labute approximate surface area is 127 Å². The molecule has 2 N–H and O–H groups in total. The lowest BCUT2D eigenvalue weighted by Crippen LogP contribution is -2.37. The standard InChI is InChI=1S/C17H28FNO2/c1-12(2)9-19-10-14-6-7-16(15(18)8-14)21-11-17(5,20)13(3)4/h6-8,12-13,19-20H,9-11H2,1-5H3. The van der Waals surface area contributed by atoms with Crippen molar-refractivity contribution in [3.05, 3.63) is 29.6 Å². The maximum atomic E-state index is 14.0. The SMILES string of the molecule is CC(C)CNCc1ccc(OCC(C)(O)C(C)C)c(F)c1. The second-order valence-electron chi connectivity index (χ2n) is 6.59. The maximum Gasteiger partial charge on any atom is 0.165 e. The van der Waals surface area contributed by atoms with Crippen LogP contribution in [-0.4, -0.2) is 23.9 Å². The molecule has 0 heterocycles. The van der Waals surface area contributed by atoms with Crippen LogP contribution in [0.2, 0.25) is 0 Å². The summed E-state index contributed by atoms with van der Waals surface area (Å²) in [6, 6.07) is 4.95. The molecule has 1 rings (SSSR count). The summed E-state index contributed by atoms with van der Waals surface area (Å²) in [6.07, 6.45) is 0. The predicted octanol–water partition coefficient (Wildman–Crippen LogP) is 3.36. The van der Waals surface area contributed by atoms with Gasteiger partial charge in [-0.05, 0) is 43.0 Å². The second-order valence-corrected chi connectivity index (χ2v) is 6.59. The van der Waals surface area contributed by atoms with Gasteiger partial charge in [0, 0.05) is 6.54 Å². The van der Waals surface area contributed by atoms with Crippen LogP contribution in [0.15, 0.2) is 18.2 Å². The quantitative estimate of drug-likeness (QED) is 0.773. The normalized spacial score (nSPS) is 14.5. The molecule has 0 amide bonds. The molecule has 0 aliphatic rings. The molecule has 0 fully saturated rings. The number of aliphatic hydroxyl groups is 1. The molecule has 4 heteroatoms. The van der Waals surface area contributed by atoms with E-state index in [4.69, 9.17) is 4.74 Å². The van der Waals surface area contributed by atoms with Crippen molar-refractivity contribution < 1.29 is 14.2 Å². The van der Waals surface area contributed by atoms with E-state index in [1.807, 2.05) is 19.9 Å². The summed E-state index contributed by atoms with van der Waals surface area (Å²) in [5.74, 6) is 0.401. The van der Waals surface area contributed by atoms with Gasteiger partial charge in [0.2, 0.25) is 0 Å². The minimum atomic E-state index is -0.968. The molecule has 0 aliphatic carbocycles. The maximum absolute atomic E-state index is 14.0. The van der Waals surface area contributed by atoms with Gasteiger partial charge in [-0.25, -0.2) is 4.39 Å². The fourth-order valence-electron chi connectivity index (χ4n) is 1.67. The van der Waals surface area contributed by atoms with Crippen LogP contribution < -0.4 is 10.1 Å². The van der Waals surface area contributed by atoms with Crippen molar-refractivity contribution in [2.75, 3.05) is 13.2 Å². The average Bonchev–Trinajstić information content (AvgIpc) is 2.37. The first kappa shape index (κ1) is 17.9. The van der Waals surface area contributed by atoms with Gasteiger partial charge in [0.1, 0.15) is 6.61 Å². The molecular formula is C17H28FNO2. The zero-order valence-electron chi connectivity index (χ0n) is 13.7. The lowest BCUT2D eigenvalue weighted by atomic mass is 9.94. The minimum Gasteiger partial charge on any atom is -0.488 e. The van der Waals surface area contributed by atoms with E-state index in [0.717, 1.165) is 12.1 Å². The Kier molecular flexibility index (Phi) is 6.62. The molecule has 120 valence electrons. The van der Waals surface area contributed by atoms with E-state index >= 15 is 0 Å². The first-order valence-corrected chi connectivity index (χ1v) is 7.56. The molecule has 0 saturated heterocycles. The summed E-state index contributed by atoms with van der Waals surface area (Å²) in [7, 11) is 0. The highest BCUT2D eigenvalue weighted by Gasteiger charge is 2.26. The zero-order chi connectivity index (χ0) is 16.0. The summed E-state index contributed by atoms with van der Waals surface area (Å²) in [5.41, 5.74) is -0.0830. The van der Waals surface area contributed by atoms with Crippen molar-refractivity contribution >= 4 is 0 Å². The number of rotatable bonds is 8. The molecule has 0 radical (unpaired) electrons. The van der Waals surface area contributed by atoms with Crippen LogP contribution in [-0.2, 0) is 6.54 Å². The molecule has 0 aliphatic heterocycles. The van der Waals surface area contributed by atoms with Gasteiger partial charge in [0.05, 0.1) is 5.60 Å². The third-order valence-electron chi connectivity index (χ3n) is 3.64. The summed E-state index contributed by atoms with van der Waals surface area (Å²) in [4.78, 5) is 0. The number of hydrogen-bond donors (Lipinski definition) is 2. The molecule has 21 heavy (non-hydrogen) atoms. The van der Waals surface area contributed by atoms with Crippen molar-refractivity contribution in [3.63, 3.8) is 0 Å². The lowest BCUT2D eigenvalue weighted by molar-refractivity contribution is -0.0275. The van der Waals surface area contributed by atoms with Gasteiger partial charge in [-0.15, -0.1) is 0 Å². The Morgan fingerprint density at radius 1 is 1.29 bits per heavy atom. The number of halogens is 1. The van der Waals surface area contributed by atoms with E-state index in [1.165, 1.54) is 6.07 Å². The molecular weight excluding hydrogens is 269 g/mol. The van der Waals surface area contributed by atoms with Gasteiger partial charge in [0.25, 0.3) is 0 Å². The monoisotopic (exact) mass is 297 g/mol. The first-order chi connectivity index (χ1) is 9.72.